The van der Waals surface area contributed by atoms with Crippen LogP contribution in [0.3, 0.4) is 0 Å². The van der Waals surface area contributed by atoms with Crippen molar-refractivity contribution in [3.05, 3.63) is 52.2 Å². The zero-order chi connectivity index (χ0) is 19.0. The van der Waals surface area contributed by atoms with Gasteiger partial charge in [-0.2, -0.15) is 0 Å². The highest BCUT2D eigenvalue weighted by atomic mass is 19.3. The van der Waals surface area contributed by atoms with Gasteiger partial charge in [-0.05, 0) is 13.8 Å². The van der Waals surface area contributed by atoms with E-state index in [4.69, 9.17) is 5.11 Å². The van der Waals surface area contributed by atoms with Crippen molar-refractivity contribution in [1.82, 2.24) is 14.9 Å². The molecule has 1 aliphatic rings. The van der Waals surface area contributed by atoms with E-state index in [0.29, 0.717) is 22.9 Å². The zero-order valence-corrected chi connectivity index (χ0v) is 14.1. The SMILES string of the molecule is Cc1nc2c(c(NC(C)c3cccc(C(F)F)c3F)n1)CN(C(=O)O)C2. The van der Waals surface area contributed by atoms with Gasteiger partial charge in [-0.15, -0.1) is 0 Å². The second-order valence-electron chi connectivity index (χ2n) is 6.10. The van der Waals surface area contributed by atoms with Crippen LogP contribution in [-0.4, -0.2) is 26.1 Å². The maximum atomic E-state index is 14.4. The predicted molar refractivity (Wildman–Crippen MR) is 87.4 cm³/mol. The Morgan fingerprint density at radius 3 is 2.62 bits per heavy atom. The summed E-state index contributed by atoms with van der Waals surface area (Å²) in [5, 5.41) is 12.2. The minimum atomic E-state index is -2.91. The fourth-order valence-corrected chi connectivity index (χ4v) is 2.99. The van der Waals surface area contributed by atoms with Gasteiger partial charge in [0.1, 0.15) is 17.5 Å². The fourth-order valence-electron chi connectivity index (χ4n) is 2.99. The third-order valence-corrected chi connectivity index (χ3v) is 4.28. The van der Waals surface area contributed by atoms with Crippen LogP contribution in [0, 0.1) is 12.7 Å². The molecule has 1 aromatic heterocycles. The van der Waals surface area contributed by atoms with Gasteiger partial charge >= 0.3 is 6.09 Å². The van der Waals surface area contributed by atoms with Gasteiger partial charge in [0.2, 0.25) is 0 Å². The predicted octanol–water partition coefficient (Wildman–Crippen LogP) is 4.03. The van der Waals surface area contributed by atoms with Crippen molar-refractivity contribution in [3.63, 3.8) is 0 Å². The Hall–Kier alpha value is -2.84. The number of nitrogens with one attached hydrogen (secondary N) is 1. The number of rotatable bonds is 4. The first-order valence-corrected chi connectivity index (χ1v) is 7.95. The maximum absolute atomic E-state index is 14.4. The van der Waals surface area contributed by atoms with E-state index in [2.05, 4.69) is 15.3 Å². The standard InChI is InChI=1S/C17H17F3N4O2/c1-8(10-4-3-5-11(14(10)18)15(19)20)21-16-12-6-24(17(25)26)7-13(12)22-9(2)23-16/h3-5,8,15H,6-7H2,1-2H3,(H,25,26)(H,21,22,23). The van der Waals surface area contributed by atoms with Crippen molar-refractivity contribution >= 4 is 11.9 Å². The molecule has 138 valence electrons. The zero-order valence-electron chi connectivity index (χ0n) is 14.1. The fraction of sp³-hybridized carbons (Fsp3) is 0.353. The van der Waals surface area contributed by atoms with Crippen molar-refractivity contribution in [3.8, 4) is 0 Å². The highest BCUT2D eigenvalue weighted by Gasteiger charge is 2.29. The number of alkyl halides is 2. The Morgan fingerprint density at radius 1 is 1.27 bits per heavy atom. The van der Waals surface area contributed by atoms with Crippen molar-refractivity contribution in [2.45, 2.75) is 39.4 Å². The number of aryl methyl sites for hydroxylation is 1. The molecule has 9 heteroatoms. The van der Waals surface area contributed by atoms with E-state index in [-0.39, 0.29) is 18.7 Å². The smallest absolute Gasteiger partial charge is 0.407 e. The summed E-state index contributed by atoms with van der Waals surface area (Å²) >= 11 is 0. The second kappa shape index (κ2) is 6.81. The minimum Gasteiger partial charge on any atom is -0.465 e. The van der Waals surface area contributed by atoms with Crippen LogP contribution in [-0.2, 0) is 13.1 Å². The molecule has 2 heterocycles. The van der Waals surface area contributed by atoms with Gasteiger partial charge in [0.15, 0.2) is 0 Å². The normalized spacial score (nSPS) is 14.5. The summed E-state index contributed by atoms with van der Waals surface area (Å²) < 4.78 is 40.2. The number of hydrogen-bond donors (Lipinski definition) is 2. The molecule has 1 amide bonds. The molecular weight excluding hydrogens is 349 g/mol. The molecule has 26 heavy (non-hydrogen) atoms. The Morgan fingerprint density at radius 2 is 1.96 bits per heavy atom. The van der Waals surface area contributed by atoms with Crippen LogP contribution >= 0.6 is 0 Å². The molecular formula is C17H17F3N4O2. The average molecular weight is 366 g/mol. The van der Waals surface area contributed by atoms with Gasteiger partial charge in [0.25, 0.3) is 6.43 Å². The van der Waals surface area contributed by atoms with Gasteiger partial charge in [-0.1, -0.05) is 18.2 Å². The molecule has 1 atom stereocenters. The molecule has 0 aliphatic carbocycles. The number of anilines is 1. The largest absolute Gasteiger partial charge is 0.465 e. The van der Waals surface area contributed by atoms with Gasteiger partial charge in [0.05, 0.1) is 30.4 Å². The second-order valence-corrected chi connectivity index (χ2v) is 6.10. The Balaban J connectivity index is 1.91. The van der Waals surface area contributed by atoms with Gasteiger partial charge in [0, 0.05) is 11.1 Å². The number of nitrogens with zero attached hydrogens (tertiary/aromatic N) is 3. The van der Waals surface area contributed by atoms with Crippen molar-refractivity contribution in [1.29, 1.82) is 0 Å². The number of aromatic nitrogens is 2. The topological polar surface area (TPSA) is 78.4 Å². The summed E-state index contributed by atoms with van der Waals surface area (Å²) in [6.45, 7) is 3.55. The molecule has 0 radical (unpaired) electrons. The summed E-state index contributed by atoms with van der Waals surface area (Å²) in [5.41, 5.74) is 0.616. The van der Waals surface area contributed by atoms with Crippen LogP contribution in [0.1, 0.15) is 47.6 Å². The molecule has 3 rings (SSSR count). The van der Waals surface area contributed by atoms with Gasteiger partial charge < -0.3 is 10.4 Å². The number of halogens is 3. The van der Waals surface area contributed by atoms with Crippen LogP contribution in [0.5, 0.6) is 0 Å². The van der Waals surface area contributed by atoms with Crippen molar-refractivity contribution in [2.75, 3.05) is 5.32 Å². The van der Waals surface area contributed by atoms with Crippen molar-refractivity contribution in [2.24, 2.45) is 0 Å². The van der Waals surface area contributed by atoms with E-state index in [0.717, 1.165) is 6.07 Å². The lowest BCUT2D eigenvalue weighted by Gasteiger charge is -2.19. The molecule has 0 fully saturated rings. The van der Waals surface area contributed by atoms with Crippen LogP contribution < -0.4 is 5.32 Å². The number of carbonyl (C=O) groups is 1. The average Bonchev–Trinajstić information content (AvgIpc) is 2.99. The Labute approximate surface area is 147 Å². The number of amides is 1. The molecule has 0 spiro atoms. The first-order chi connectivity index (χ1) is 12.3. The molecule has 0 bridgehead atoms. The lowest BCUT2D eigenvalue weighted by Crippen LogP contribution is -2.23. The first kappa shape index (κ1) is 18.0. The molecule has 2 N–H and O–H groups in total. The Bertz CT molecular complexity index is 860. The molecule has 1 aliphatic heterocycles. The first-order valence-electron chi connectivity index (χ1n) is 7.95. The van der Waals surface area contributed by atoms with E-state index < -0.39 is 29.9 Å². The lowest BCUT2D eigenvalue weighted by molar-refractivity contribution is 0.144. The lowest BCUT2D eigenvalue weighted by atomic mass is 10.0. The monoisotopic (exact) mass is 366 g/mol. The minimum absolute atomic E-state index is 0.0842. The van der Waals surface area contributed by atoms with Gasteiger partial charge in [-0.3, -0.25) is 4.90 Å². The van der Waals surface area contributed by atoms with Crippen LogP contribution in [0.4, 0.5) is 23.8 Å². The summed E-state index contributed by atoms with van der Waals surface area (Å²) in [6.07, 6.45) is -3.98. The Kier molecular flexibility index (Phi) is 4.71. The molecule has 1 unspecified atom stereocenters. The third kappa shape index (κ3) is 3.29. The molecule has 1 aromatic carbocycles. The van der Waals surface area contributed by atoms with Gasteiger partial charge in [-0.25, -0.2) is 27.9 Å². The highest BCUT2D eigenvalue weighted by Crippen LogP contribution is 2.32. The molecule has 6 nitrogen and oxygen atoms in total. The van der Waals surface area contributed by atoms with Crippen molar-refractivity contribution < 1.29 is 23.1 Å². The maximum Gasteiger partial charge on any atom is 0.407 e. The molecule has 0 saturated heterocycles. The van der Waals surface area contributed by atoms with E-state index in [9.17, 15) is 18.0 Å². The van der Waals surface area contributed by atoms with E-state index in [1.165, 1.54) is 17.0 Å². The number of benzene rings is 1. The number of hydrogen-bond acceptors (Lipinski definition) is 4. The quantitative estimate of drug-likeness (QED) is 0.854. The summed E-state index contributed by atoms with van der Waals surface area (Å²) in [7, 11) is 0. The van der Waals surface area contributed by atoms with E-state index in [1.54, 1.807) is 13.8 Å². The molecule has 0 saturated carbocycles. The number of fused-ring (bicyclic) bond motifs is 1. The highest BCUT2D eigenvalue weighted by molar-refractivity contribution is 5.67. The summed E-state index contributed by atoms with van der Waals surface area (Å²) in [5.74, 6) is -0.143. The van der Waals surface area contributed by atoms with E-state index >= 15 is 0 Å². The van der Waals surface area contributed by atoms with Crippen LogP contribution in [0.15, 0.2) is 18.2 Å². The van der Waals surface area contributed by atoms with Crippen LogP contribution in [0.2, 0.25) is 0 Å². The third-order valence-electron chi connectivity index (χ3n) is 4.28. The number of carboxylic acid groups (broad SMARTS) is 1. The van der Waals surface area contributed by atoms with E-state index in [1.807, 2.05) is 0 Å². The van der Waals surface area contributed by atoms with Crippen LogP contribution in [0.25, 0.3) is 0 Å². The summed E-state index contributed by atoms with van der Waals surface area (Å²) in [4.78, 5) is 20.9. The summed E-state index contributed by atoms with van der Waals surface area (Å²) in [6, 6.07) is 3.20. The molecule has 2 aromatic rings.